The lowest BCUT2D eigenvalue weighted by Crippen LogP contribution is -2.50. The van der Waals surface area contributed by atoms with Gasteiger partial charge in [-0.3, -0.25) is 9.59 Å². The number of aryl methyl sites for hydroxylation is 1. The third-order valence-electron chi connectivity index (χ3n) is 3.19. The fraction of sp³-hybridized carbons (Fsp3) is 0.429. The molecular formula is C14H18N2O3. The summed E-state index contributed by atoms with van der Waals surface area (Å²) in [5.41, 5.74) is 1.47. The number of methoxy groups -OCH3 is 1. The molecule has 1 fully saturated rings. The second-order valence-corrected chi connectivity index (χ2v) is 4.66. The smallest absolute Gasteiger partial charge is 0.255 e. The van der Waals surface area contributed by atoms with E-state index in [-0.39, 0.29) is 11.8 Å². The van der Waals surface area contributed by atoms with Crippen molar-refractivity contribution in [3.05, 3.63) is 29.3 Å². The second kappa shape index (κ2) is 5.73. The molecule has 0 radical (unpaired) electrons. The molecule has 19 heavy (non-hydrogen) atoms. The monoisotopic (exact) mass is 262 g/mol. The standard InChI is InChI=1S/C14H18N2O3/c1-9-5-6-10(12(8-9)19-2)13(17)16-11-4-3-7-15-14(11)18/h5-6,8,11H,3-4,7H2,1-2H3,(H,15,18)(H,16,17)/t11-/m0/s1. The van der Waals surface area contributed by atoms with E-state index < -0.39 is 6.04 Å². The van der Waals surface area contributed by atoms with Gasteiger partial charge in [-0.1, -0.05) is 6.07 Å². The van der Waals surface area contributed by atoms with E-state index in [0.29, 0.717) is 24.3 Å². The van der Waals surface area contributed by atoms with Crippen LogP contribution in [-0.2, 0) is 4.79 Å². The van der Waals surface area contributed by atoms with E-state index in [2.05, 4.69) is 10.6 Å². The Morgan fingerprint density at radius 3 is 2.95 bits per heavy atom. The number of ether oxygens (including phenoxy) is 1. The Balaban J connectivity index is 2.13. The molecule has 0 aliphatic carbocycles. The number of carbonyl (C=O) groups excluding carboxylic acids is 2. The molecular weight excluding hydrogens is 244 g/mol. The van der Waals surface area contributed by atoms with Crippen molar-refractivity contribution < 1.29 is 14.3 Å². The zero-order valence-electron chi connectivity index (χ0n) is 11.2. The second-order valence-electron chi connectivity index (χ2n) is 4.66. The fourth-order valence-electron chi connectivity index (χ4n) is 2.13. The minimum absolute atomic E-state index is 0.120. The number of amides is 2. The van der Waals surface area contributed by atoms with Crippen LogP contribution in [0.4, 0.5) is 0 Å². The zero-order valence-corrected chi connectivity index (χ0v) is 11.2. The van der Waals surface area contributed by atoms with Gasteiger partial charge < -0.3 is 15.4 Å². The molecule has 1 aromatic carbocycles. The number of benzene rings is 1. The average molecular weight is 262 g/mol. The number of hydrogen-bond donors (Lipinski definition) is 2. The first-order valence-corrected chi connectivity index (χ1v) is 6.35. The van der Waals surface area contributed by atoms with Crippen LogP contribution in [-0.4, -0.2) is 31.5 Å². The largest absolute Gasteiger partial charge is 0.496 e. The molecule has 1 aliphatic heterocycles. The molecule has 5 heteroatoms. The van der Waals surface area contributed by atoms with Crippen LogP contribution in [0.15, 0.2) is 18.2 Å². The Morgan fingerprint density at radius 2 is 2.26 bits per heavy atom. The third kappa shape index (κ3) is 3.05. The van der Waals surface area contributed by atoms with Gasteiger partial charge in [-0.2, -0.15) is 0 Å². The predicted molar refractivity (Wildman–Crippen MR) is 71.2 cm³/mol. The first-order chi connectivity index (χ1) is 9.11. The van der Waals surface area contributed by atoms with Crippen LogP contribution in [0, 0.1) is 6.92 Å². The van der Waals surface area contributed by atoms with Crippen LogP contribution in [0.3, 0.4) is 0 Å². The minimum atomic E-state index is -0.452. The first kappa shape index (κ1) is 13.4. The Hall–Kier alpha value is -2.04. The van der Waals surface area contributed by atoms with Crippen molar-refractivity contribution in [2.45, 2.75) is 25.8 Å². The maximum Gasteiger partial charge on any atom is 0.255 e. The molecule has 1 heterocycles. The summed E-state index contributed by atoms with van der Waals surface area (Å²) in [5.74, 6) is 0.123. The molecule has 2 rings (SSSR count). The van der Waals surface area contributed by atoms with Crippen molar-refractivity contribution in [2.24, 2.45) is 0 Å². The molecule has 1 atom stereocenters. The highest BCUT2D eigenvalue weighted by atomic mass is 16.5. The van der Waals surface area contributed by atoms with Gasteiger partial charge in [-0.05, 0) is 37.5 Å². The average Bonchev–Trinajstić information content (AvgIpc) is 2.41. The summed E-state index contributed by atoms with van der Waals surface area (Å²) in [5, 5.41) is 5.49. The van der Waals surface area contributed by atoms with Crippen molar-refractivity contribution in [3.8, 4) is 5.75 Å². The van der Waals surface area contributed by atoms with Gasteiger partial charge in [0.25, 0.3) is 5.91 Å². The van der Waals surface area contributed by atoms with E-state index in [9.17, 15) is 9.59 Å². The van der Waals surface area contributed by atoms with Crippen LogP contribution < -0.4 is 15.4 Å². The van der Waals surface area contributed by atoms with Gasteiger partial charge in [0.05, 0.1) is 12.7 Å². The Labute approximate surface area is 112 Å². The normalized spacial score (nSPS) is 18.6. The molecule has 0 saturated carbocycles. The molecule has 2 amide bonds. The first-order valence-electron chi connectivity index (χ1n) is 6.35. The summed E-state index contributed by atoms with van der Waals surface area (Å²) < 4.78 is 5.20. The predicted octanol–water partition coefficient (Wildman–Crippen LogP) is 1.01. The summed E-state index contributed by atoms with van der Waals surface area (Å²) in [6, 6.07) is 4.91. The van der Waals surface area contributed by atoms with Crippen LogP contribution in [0.25, 0.3) is 0 Å². The van der Waals surface area contributed by atoms with Gasteiger partial charge in [-0.15, -0.1) is 0 Å². The molecule has 102 valence electrons. The van der Waals surface area contributed by atoms with Crippen molar-refractivity contribution >= 4 is 11.8 Å². The molecule has 0 spiro atoms. The number of hydrogen-bond acceptors (Lipinski definition) is 3. The maximum absolute atomic E-state index is 12.2. The minimum Gasteiger partial charge on any atom is -0.496 e. The summed E-state index contributed by atoms with van der Waals surface area (Å²) in [7, 11) is 1.53. The van der Waals surface area contributed by atoms with Crippen LogP contribution in [0.1, 0.15) is 28.8 Å². The highest BCUT2D eigenvalue weighted by Crippen LogP contribution is 2.20. The highest BCUT2D eigenvalue weighted by molar-refractivity contribution is 5.99. The number of piperidine rings is 1. The fourth-order valence-corrected chi connectivity index (χ4v) is 2.13. The summed E-state index contributed by atoms with van der Waals surface area (Å²) in [4.78, 5) is 23.8. The van der Waals surface area contributed by atoms with E-state index >= 15 is 0 Å². The zero-order chi connectivity index (χ0) is 13.8. The van der Waals surface area contributed by atoms with E-state index in [0.717, 1.165) is 12.0 Å². The summed E-state index contributed by atoms with van der Waals surface area (Å²) in [6.45, 7) is 2.61. The van der Waals surface area contributed by atoms with E-state index in [1.165, 1.54) is 7.11 Å². The third-order valence-corrected chi connectivity index (χ3v) is 3.19. The highest BCUT2D eigenvalue weighted by Gasteiger charge is 2.25. The molecule has 0 aromatic heterocycles. The van der Waals surface area contributed by atoms with Crippen molar-refractivity contribution in [2.75, 3.05) is 13.7 Å². The van der Waals surface area contributed by atoms with E-state index in [4.69, 9.17) is 4.74 Å². The van der Waals surface area contributed by atoms with Crippen LogP contribution in [0.5, 0.6) is 5.75 Å². The van der Waals surface area contributed by atoms with Gasteiger partial charge in [0.1, 0.15) is 11.8 Å². The lowest BCUT2D eigenvalue weighted by molar-refractivity contribution is -0.124. The van der Waals surface area contributed by atoms with Crippen LogP contribution >= 0.6 is 0 Å². The molecule has 1 saturated heterocycles. The van der Waals surface area contributed by atoms with Gasteiger partial charge >= 0.3 is 0 Å². The summed E-state index contributed by atoms with van der Waals surface area (Å²) in [6.07, 6.45) is 1.55. The SMILES string of the molecule is COc1cc(C)ccc1C(=O)N[C@H]1CCCNC1=O. The quantitative estimate of drug-likeness (QED) is 0.854. The van der Waals surface area contributed by atoms with Gasteiger partial charge in [0, 0.05) is 6.54 Å². The number of carbonyl (C=O) groups is 2. The van der Waals surface area contributed by atoms with Gasteiger partial charge in [0.2, 0.25) is 5.91 Å². The lowest BCUT2D eigenvalue weighted by Gasteiger charge is -2.23. The van der Waals surface area contributed by atoms with Crippen molar-refractivity contribution in [1.29, 1.82) is 0 Å². The number of rotatable bonds is 3. The van der Waals surface area contributed by atoms with Crippen molar-refractivity contribution in [1.82, 2.24) is 10.6 Å². The molecule has 0 bridgehead atoms. The Kier molecular flexibility index (Phi) is 4.04. The van der Waals surface area contributed by atoms with Gasteiger partial charge in [0.15, 0.2) is 0 Å². The van der Waals surface area contributed by atoms with Crippen LogP contribution in [0.2, 0.25) is 0 Å². The Morgan fingerprint density at radius 1 is 1.47 bits per heavy atom. The topological polar surface area (TPSA) is 67.4 Å². The summed E-state index contributed by atoms with van der Waals surface area (Å²) >= 11 is 0. The molecule has 2 N–H and O–H groups in total. The van der Waals surface area contributed by atoms with Crippen molar-refractivity contribution in [3.63, 3.8) is 0 Å². The number of nitrogens with one attached hydrogen (secondary N) is 2. The molecule has 1 aliphatic rings. The Bertz CT molecular complexity index is 499. The molecule has 0 unspecified atom stereocenters. The van der Waals surface area contributed by atoms with Gasteiger partial charge in [-0.25, -0.2) is 0 Å². The lowest BCUT2D eigenvalue weighted by atomic mass is 10.1. The maximum atomic E-state index is 12.2. The van der Waals surface area contributed by atoms with E-state index in [1.807, 2.05) is 13.0 Å². The molecule has 5 nitrogen and oxygen atoms in total. The molecule has 1 aromatic rings. The van der Waals surface area contributed by atoms with E-state index in [1.54, 1.807) is 12.1 Å².